The van der Waals surface area contributed by atoms with E-state index in [0.29, 0.717) is 18.1 Å². The Morgan fingerprint density at radius 1 is 1.14 bits per heavy atom. The molecule has 1 aliphatic rings. The van der Waals surface area contributed by atoms with Crippen molar-refractivity contribution in [3.05, 3.63) is 64.9 Å². The van der Waals surface area contributed by atoms with E-state index >= 15 is 0 Å². The molecule has 2 aromatic rings. The third-order valence-corrected chi connectivity index (χ3v) is 7.03. The molecule has 3 rings (SSSR count). The van der Waals surface area contributed by atoms with Gasteiger partial charge in [-0.25, -0.2) is 12.8 Å². The topological polar surface area (TPSA) is 69.7 Å². The number of rotatable bonds is 6. The molecule has 0 saturated carbocycles. The summed E-state index contributed by atoms with van der Waals surface area (Å²) in [6.45, 7) is 3.43. The van der Waals surface area contributed by atoms with Gasteiger partial charge < -0.3 is 5.32 Å². The number of carbonyl (C=O) groups is 1. The summed E-state index contributed by atoms with van der Waals surface area (Å²) in [4.78, 5) is 14.2. The zero-order valence-corrected chi connectivity index (χ0v) is 17.6. The van der Waals surface area contributed by atoms with Gasteiger partial charge >= 0.3 is 0 Å². The van der Waals surface area contributed by atoms with Gasteiger partial charge in [0.2, 0.25) is 15.9 Å². The monoisotopic (exact) mass is 439 g/mol. The van der Waals surface area contributed by atoms with E-state index in [2.05, 4.69) is 5.32 Å². The third kappa shape index (κ3) is 5.54. The average molecular weight is 440 g/mol. The van der Waals surface area contributed by atoms with Crippen molar-refractivity contribution in [1.29, 1.82) is 0 Å². The van der Waals surface area contributed by atoms with Gasteiger partial charge in [-0.05, 0) is 42.8 Å². The largest absolute Gasteiger partial charge is 0.348 e. The predicted octanol–water partition coefficient (Wildman–Crippen LogP) is 2.66. The maximum absolute atomic E-state index is 13.4. The van der Waals surface area contributed by atoms with Crippen LogP contribution < -0.4 is 5.32 Å². The van der Waals surface area contributed by atoms with E-state index in [1.54, 1.807) is 12.1 Å². The van der Waals surface area contributed by atoms with Gasteiger partial charge in [-0.3, -0.25) is 9.69 Å². The first kappa shape index (κ1) is 21.7. The maximum atomic E-state index is 13.4. The van der Waals surface area contributed by atoms with E-state index in [9.17, 15) is 17.6 Å². The lowest BCUT2D eigenvalue weighted by Crippen LogP contribution is -2.51. The van der Waals surface area contributed by atoms with Gasteiger partial charge in [0.05, 0.1) is 17.5 Å². The molecule has 0 aliphatic carbocycles. The summed E-state index contributed by atoms with van der Waals surface area (Å²) in [5.74, 6) is -0.718. The zero-order valence-electron chi connectivity index (χ0n) is 16.0. The normalized spacial score (nSPS) is 17.1. The molecule has 1 saturated heterocycles. The molecule has 1 aliphatic heterocycles. The summed E-state index contributed by atoms with van der Waals surface area (Å²) in [5, 5.41) is 3.58. The van der Waals surface area contributed by atoms with Gasteiger partial charge in [-0.2, -0.15) is 4.31 Å². The van der Waals surface area contributed by atoms with Gasteiger partial charge in [-0.15, -0.1) is 0 Å². The van der Waals surface area contributed by atoms with Crippen LogP contribution in [-0.2, 0) is 14.8 Å². The van der Waals surface area contributed by atoms with E-state index in [1.165, 1.54) is 22.5 Å². The average Bonchev–Trinajstić information content (AvgIpc) is 2.68. The third-order valence-electron chi connectivity index (χ3n) is 4.88. The number of piperazine rings is 1. The van der Waals surface area contributed by atoms with Crippen LogP contribution in [0.3, 0.4) is 0 Å². The van der Waals surface area contributed by atoms with E-state index in [4.69, 9.17) is 11.6 Å². The Labute approximate surface area is 175 Å². The van der Waals surface area contributed by atoms with Crippen molar-refractivity contribution in [2.24, 2.45) is 0 Å². The number of hydrogen-bond donors (Lipinski definition) is 1. The molecule has 156 valence electrons. The molecule has 1 N–H and O–H groups in total. The van der Waals surface area contributed by atoms with Crippen molar-refractivity contribution in [3.63, 3.8) is 0 Å². The predicted molar refractivity (Wildman–Crippen MR) is 110 cm³/mol. The molecule has 0 spiro atoms. The summed E-state index contributed by atoms with van der Waals surface area (Å²) in [5.41, 5.74) is 0.953. The molecular weight excluding hydrogens is 417 g/mol. The molecule has 0 bridgehead atoms. The molecule has 0 unspecified atom stereocenters. The summed E-state index contributed by atoms with van der Waals surface area (Å²) in [6.07, 6.45) is 0. The van der Waals surface area contributed by atoms with Gasteiger partial charge in [-0.1, -0.05) is 29.8 Å². The van der Waals surface area contributed by atoms with Gasteiger partial charge in [0.1, 0.15) is 5.82 Å². The molecule has 1 fully saturated rings. The Morgan fingerprint density at radius 3 is 2.41 bits per heavy atom. The van der Waals surface area contributed by atoms with Crippen LogP contribution in [0, 0.1) is 5.82 Å². The van der Waals surface area contributed by atoms with E-state index in [1.807, 2.05) is 24.0 Å². The summed E-state index contributed by atoms with van der Waals surface area (Å²) in [7, 11) is -3.74. The van der Waals surface area contributed by atoms with Gasteiger partial charge in [0, 0.05) is 31.2 Å². The first-order valence-electron chi connectivity index (χ1n) is 9.28. The smallest absolute Gasteiger partial charge is 0.243 e. The van der Waals surface area contributed by atoms with Crippen molar-refractivity contribution in [2.75, 3.05) is 32.7 Å². The van der Waals surface area contributed by atoms with Crippen LogP contribution in [0.25, 0.3) is 0 Å². The maximum Gasteiger partial charge on any atom is 0.243 e. The second kappa shape index (κ2) is 9.21. The highest BCUT2D eigenvalue weighted by molar-refractivity contribution is 7.89. The van der Waals surface area contributed by atoms with Crippen LogP contribution in [0.4, 0.5) is 4.39 Å². The molecule has 9 heteroatoms. The molecular formula is C20H23ClFN3O3S. The lowest BCUT2D eigenvalue weighted by atomic mass is 10.1. The number of carbonyl (C=O) groups excluding carboxylic acids is 1. The van der Waals surface area contributed by atoms with Crippen LogP contribution in [-0.4, -0.2) is 56.3 Å². The van der Waals surface area contributed by atoms with Crippen molar-refractivity contribution >= 4 is 27.5 Å². The fourth-order valence-corrected chi connectivity index (χ4v) is 4.81. The Morgan fingerprint density at radius 2 is 1.79 bits per heavy atom. The lowest BCUT2D eigenvalue weighted by Gasteiger charge is -2.33. The molecule has 1 atom stereocenters. The highest BCUT2D eigenvalue weighted by Gasteiger charge is 2.29. The molecule has 1 heterocycles. The van der Waals surface area contributed by atoms with Crippen LogP contribution in [0.1, 0.15) is 18.5 Å². The van der Waals surface area contributed by atoms with Crippen LogP contribution in [0.15, 0.2) is 53.4 Å². The summed E-state index contributed by atoms with van der Waals surface area (Å²) in [6, 6.07) is 12.1. The lowest BCUT2D eigenvalue weighted by molar-refractivity contribution is -0.123. The molecule has 29 heavy (non-hydrogen) atoms. The zero-order chi connectivity index (χ0) is 21.0. The minimum atomic E-state index is -3.74. The SMILES string of the molecule is C[C@H](NC(=O)CN1CCN(S(=O)(=O)c2cccc(F)c2)CC1)c1ccc(Cl)cc1. The van der Waals surface area contributed by atoms with Crippen molar-refractivity contribution < 1.29 is 17.6 Å². The number of amides is 1. The van der Waals surface area contributed by atoms with Crippen molar-refractivity contribution in [3.8, 4) is 0 Å². The molecule has 0 aromatic heterocycles. The molecule has 6 nitrogen and oxygen atoms in total. The molecule has 1 amide bonds. The van der Waals surface area contributed by atoms with E-state index in [0.717, 1.165) is 11.6 Å². The number of halogens is 2. The Kier molecular flexibility index (Phi) is 6.89. The number of nitrogens with one attached hydrogen (secondary N) is 1. The highest BCUT2D eigenvalue weighted by atomic mass is 35.5. The van der Waals surface area contributed by atoms with Crippen molar-refractivity contribution in [2.45, 2.75) is 17.9 Å². The standard InChI is InChI=1S/C20H23ClFN3O3S/c1-15(16-5-7-17(21)8-6-16)23-20(26)14-24-9-11-25(12-10-24)29(27,28)19-4-2-3-18(22)13-19/h2-8,13,15H,9-12,14H2,1H3,(H,23,26)/t15-/m0/s1. The van der Waals surface area contributed by atoms with Crippen LogP contribution in [0.5, 0.6) is 0 Å². The number of nitrogens with zero attached hydrogens (tertiary/aromatic N) is 2. The van der Waals surface area contributed by atoms with E-state index < -0.39 is 15.8 Å². The van der Waals surface area contributed by atoms with Gasteiger partial charge in [0.15, 0.2) is 0 Å². The van der Waals surface area contributed by atoms with E-state index in [-0.39, 0.29) is 36.5 Å². The Hall–Kier alpha value is -2.00. The number of sulfonamides is 1. The second-order valence-electron chi connectivity index (χ2n) is 6.98. The minimum absolute atomic E-state index is 0.0551. The van der Waals surface area contributed by atoms with Crippen LogP contribution >= 0.6 is 11.6 Å². The Balaban J connectivity index is 1.51. The molecule has 0 radical (unpaired) electrons. The Bertz CT molecular complexity index is 961. The highest BCUT2D eigenvalue weighted by Crippen LogP contribution is 2.19. The van der Waals surface area contributed by atoms with Crippen LogP contribution in [0.2, 0.25) is 5.02 Å². The number of hydrogen-bond acceptors (Lipinski definition) is 4. The first-order valence-corrected chi connectivity index (χ1v) is 11.1. The second-order valence-corrected chi connectivity index (χ2v) is 9.35. The molecule has 2 aromatic carbocycles. The first-order chi connectivity index (χ1) is 13.8. The number of benzene rings is 2. The quantitative estimate of drug-likeness (QED) is 0.751. The summed E-state index contributed by atoms with van der Waals surface area (Å²) >= 11 is 5.88. The van der Waals surface area contributed by atoms with Gasteiger partial charge in [0.25, 0.3) is 0 Å². The fourth-order valence-electron chi connectivity index (χ4n) is 3.23. The fraction of sp³-hybridized carbons (Fsp3) is 0.350. The van der Waals surface area contributed by atoms with Crippen molar-refractivity contribution in [1.82, 2.24) is 14.5 Å². The summed E-state index contributed by atoms with van der Waals surface area (Å²) < 4.78 is 40.0. The minimum Gasteiger partial charge on any atom is -0.348 e.